The zero-order valence-corrected chi connectivity index (χ0v) is 13.8. The van der Waals surface area contributed by atoms with Crippen molar-refractivity contribution in [2.45, 2.75) is 6.04 Å². The van der Waals surface area contributed by atoms with Crippen LogP contribution in [-0.2, 0) is 4.79 Å². The summed E-state index contributed by atoms with van der Waals surface area (Å²) in [6, 6.07) is 3.67. The first-order chi connectivity index (χ1) is 12.4. The Kier molecular flexibility index (Phi) is 4.76. The highest BCUT2D eigenvalue weighted by Gasteiger charge is 2.23. The van der Waals surface area contributed by atoms with E-state index in [2.05, 4.69) is 4.98 Å². The molecule has 1 amide bonds. The van der Waals surface area contributed by atoms with E-state index in [1.165, 1.54) is 4.90 Å². The summed E-state index contributed by atoms with van der Waals surface area (Å²) in [5.74, 6) is -1.32. The van der Waals surface area contributed by atoms with Crippen LogP contribution in [0.15, 0.2) is 29.3 Å². The predicted molar refractivity (Wildman–Crippen MR) is 91.6 cm³/mol. The molecule has 1 atom stereocenters. The minimum Gasteiger partial charge on any atom is -0.480 e. The maximum atomic E-state index is 12.7. The Morgan fingerprint density at radius 1 is 1.15 bits per heavy atom. The van der Waals surface area contributed by atoms with Gasteiger partial charge in [0.15, 0.2) is 6.04 Å². The third-order valence-electron chi connectivity index (χ3n) is 4.48. The Bertz CT molecular complexity index is 903. The zero-order chi connectivity index (χ0) is 18.8. The van der Waals surface area contributed by atoms with Crippen molar-refractivity contribution in [1.82, 2.24) is 14.5 Å². The Morgan fingerprint density at radius 3 is 2.42 bits per heavy atom. The van der Waals surface area contributed by atoms with Crippen LogP contribution in [0.5, 0.6) is 0 Å². The van der Waals surface area contributed by atoms with Gasteiger partial charge in [0.1, 0.15) is 0 Å². The van der Waals surface area contributed by atoms with Gasteiger partial charge in [0.05, 0.1) is 23.8 Å². The van der Waals surface area contributed by atoms with Gasteiger partial charge in [-0.3, -0.25) is 9.36 Å². The molecule has 2 aromatic rings. The standard InChI is InChI=1S/C16H18N4O6/c21-8-13(15(23)24)20-9-17-12-2-1-10(7-11(12)14(20)22)18-3-5-19(6-4-18)16(25)26/h1-2,7,9,13,21H,3-6,8H2,(H,23,24)(H,25,26). The fourth-order valence-corrected chi connectivity index (χ4v) is 2.98. The van der Waals surface area contributed by atoms with Gasteiger partial charge in [0, 0.05) is 31.9 Å². The first kappa shape index (κ1) is 17.7. The van der Waals surface area contributed by atoms with Gasteiger partial charge in [-0.1, -0.05) is 0 Å². The number of carboxylic acid groups (broad SMARTS) is 2. The average molecular weight is 362 g/mol. The number of carbonyl (C=O) groups is 2. The molecular formula is C16H18N4O6. The molecule has 1 aromatic carbocycles. The van der Waals surface area contributed by atoms with Crippen LogP contribution in [0.1, 0.15) is 6.04 Å². The second-order valence-corrected chi connectivity index (χ2v) is 5.95. The van der Waals surface area contributed by atoms with E-state index >= 15 is 0 Å². The fourth-order valence-electron chi connectivity index (χ4n) is 2.98. The number of aromatic nitrogens is 2. The Labute approximate surface area is 147 Å². The second-order valence-electron chi connectivity index (χ2n) is 5.95. The molecule has 138 valence electrons. The number of benzene rings is 1. The number of aliphatic carboxylic acids is 1. The summed E-state index contributed by atoms with van der Waals surface area (Å²) in [5.41, 5.74) is 0.596. The van der Waals surface area contributed by atoms with Crippen LogP contribution in [0, 0.1) is 0 Å². The third kappa shape index (κ3) is 3.18. The van der Waals surface area contributed by atoms with E-state index in [9.17, 15) is 19.5 Å². The van der Waals surface area contributed by atoms with Crippen LogP contribution in [-0.4, -0.2) is 74.6 Å². The van der Waals surface area contributed by atoms with Crippen molar-refractivity contribution < 1.29 is 24.9 Å². The number of hydrogen-bond donors (Lipinski definition) is 3. The molecule has 0 bridgehead atoms. The van der Waals surface area contributed by atoms with Crippen molar-refractivity contribution in [3.8, 4) is 0 Å². The lowest BCUT2D eigenvalue weighted by Gasteiger charge is -2.34. The lowest BCUT2D eigenvalue weighted by Crippen LogP contribution is -2.48. The van der Waals surface area contributed by atoms with E-state index in [0.717, 1.165) is 16.6 Å². The Balaban J connectivity index is 1.95. The van der Waals surface area contributed by atoms with Crippen molar-refractivity contribution >= 4 is 28.7 Å². The highest BCUT2D eigenvalue weighted by atomic mass is 16.4. The first-order valence-corrected chi connectivity index (χ1v) is 7.99. The number of rotatable bonds is 4. The summed E-state index contributed by atoms with van der Waals surface area (Å²) in [4.78, 5) is 42.2. The molecule has 1 aliphatic rings. The molecule has 10 nitrogen and oxygen atoms in total. The molecule has 3 N–H and O–H groups in total. The monoisotopic (exact) mass is 362 g/mol. The normalized spacial score (nSPS) is 15.9. The molecule has 0 radical (unpaired) electrons. The molecule has 1 aliphatic heterocycles. The van der Waals surface area contributed by atoms with E-state index in [1.807, 2.05) is 4.90 Å². The van der Waals surface area contributed by atoms with Crippen molar-refractivity contribution in [1.29, 1.82) is 0 Å². The van der Waals surface area contributed by atoms with Crippen molar-refractivity contribution in [3.05, 3.63) is 34.9 Å². The van der Waals surface area contributed by atoms with Crippen LogP contribution in [0.25, 0.3) is 10.9 Å². The van der Waals surface area contributed by atoms with Gasteiger partial charge in [0.2, 0.25) is 0 Å². The molecule has 1 saturated heterocycles. The average Bonchev–Trinajstić information content (AvgIpc) is 2.64. The van der Waals surface area contributed by atoms with Gasteiger partial charge in [-0.2, -0.15) is 0 Å². The Hall–Kier alpha value is -3.14. The number of carboxylic acids is 1. The van der Waals surface area contributed by atoms with Crippen LogP contribution >= 0.6 is 0 Å². The van der Waals surface area contributed by atoms with Crippen molar-refractivity contribution in [2.75, 3.05) is 37.7 Å². The number of fused-ring (bicyclic) bond motifs is 1. The number of aliphatic hydroxyl groups excluding tert-OH is 1. The smallest absolute Gasteiger partial charge is 0.407 e. The van der Waals surface area contributed by atoms with Gasteiger partial charge in [-0.15, -0.1) is 0 Å². The van der Waals surface area contributed by atoms with Crippen LogP contribution < -0.4 is 10.5 Å². The number of amides is 1. The van der Waals surface area contributed by atoms with Crippen molar-refractivity contribution in [3.63, 3.8) is 0 Å². The molecule has 1 fully saturated rings. The number of nitrogens with zero attached hydrogens (tertiary/aromatic N) is 4. The number of anilines is 1. The van der Waals surface area contributed by atoms with Crippen molar-refractivity contribution in [2.24, 2.45) is 0 Å². The number of piperazine rings is 1. The maximum Gasteiger partial charge on any atom is 0.407 e. The van der Waals surface area contributed by atoms with Gasteiger partial charge in [0.25, 0.3) is 5.56 Å². The number of aliphatic hydroxyl groups is 1. The lowest BCUT2D eigenvalue weighted by atomic mass is 10.2. The van der Waals surface area contributed by atoms with E-state index in [4.69, 9.17) is 10.2 Å². The molecule has 1 unspecified atom stereocenters. The topological polar surface area (TPSA) is 136 Å². The van der Waals surface area contributed by atoms with E-state index in [-0.39, 0.29) is 5.39 Å². The molecule has 10 heteroatoms. The van der Waals surface area contributed by atoms with Crippen LogP contribution in [0.2, 0.25) is 0 Å². The summed E-state index contributed by atoms with van der Waals surface area (Å²) >= 11 is 0. The summed E-state index contributed by atoms with van der Waals surface area (Å²) in [6.45, 7) is 0.965. The largest absolute Gasteiger partial charge is 0.480 e. The van der Waals surface area contributed by atoms with Gasteiger partial charge in [-0.25, -0.2) is 14.6 Å². The molecule has 0 saturated carbocycles. The van der Waals surface area contributed by atoms with Crippen LogP contribution in [0.4, 0.5) is 10.5 Å². The molecule has 3 rings (SSSR count). The molecule has 26 heavy (non-hydrogen) atoms. The minimum atomic E-state index is -1.40. The van der Waals surface area contributed by atoms with E-state index < -0.39 is 30.3 Å². The maximum absolute atomic E-state index is 12.7. The second kappa shape index (κ2) is 7.00. The number of hydrogen-bond acceptors (Lipinski definition) is 6. The molecule has 0 aliphatic carbocycles. The minimum absolute atomic E-state index is 0.241. The highest BCUT2D eigenvalue weighted by molar-refractivity contribution is 5.82. The lowest BCUT2D eigenvalue weighted by molar-refractivity contribution is -0.142. The summed E-state index contributed by atoms with van der Waals surface area (Å²) in [5, 5.41) is 27.6. The Morgan fingerprint density at radius 2 is 1.85 bits per heavy atom. The molecule has 0 spiro atoms. The predicted octanol–water partition coefficient (Wildman–Crippen LogP) is -0.186. The molecular weight excluding hydrogens is 344 g/mol. The first-order valence-electron chi connectivity index (χ1n) is 7.99. The molecule has 1 aromatic heterocycles. The van der Waals surface area contributed by atoms with Gasteiger partial charge < -0.3 is 25.1 Å². The van der Waals surface area contributed by atoms with Crippen LogP contribution in [0.3, 0.4) is 0 Å². The summed E-state index contributed by atoms with van der Waals surface area (Å²) < 4.78 is 0.900. The molecule has 2 heterocycles. The SMILES string of the molecule is O=C(O)C(CO)n1cnc2ccc(N3CCN(C(=O)O)CC3)cc2c1=O. The zero-order valence-electron chi connectivity index (χ0n) is 13.8. The van der Waals surface area contributed by atoms with Gasteiger partial charge in [-0.05, 0) is 18.2 Å². The fraction of sp³-hybridized carbons (Fsp3) is 0.375. The summed E-state index contributed by atoms with van der Waals surface area (Å²) in [7, 11) is 0. The van der Waals surface area contributed by atoms with E-state index in [1.54, 1.807) is 18.2 Å². The van der Waals surface area contributed by atoms with E-state index in [0.29, 0.717) is 31.7 Å². The third-order valence-corrected chi connectivity index (χ3v) is 4.48. The van der Waals surface area contributed by atoms with Gasteiger partial charge >= 0.3 is 12.1 Å². The highest BCUT2D eigenvalue weighted by Crippen LogP contribution is 2.21. The quantitative estimate of drug-likeness (QED) is 0.681. The summed E-state index contributed by atoms with van der Waals surface area (Å²) in [6.07, 6.45) is 0.157.